The summed E-state index contributed by atoms with van der Waals surface area (Å²) in [4.78, 5) is 4.10. The van der Waals surface area contributed by atoms with E-state index < -0.39 is 11.5 Å². The fourth-order valence-corrected chi connectivity index (χ4v) is 3.08. The summed E-state index contributed by atoms with van der Waals surface area (Å²) in [5.74, 6) is 0.527. The van der Waals surface area contributed by atoms with Crippen LogP contribution < -0.4 is 0 Å². The number of hydrogen-bond acceptors (Lipinski definition) is 4. The van der Waals surface area contributed by atoms with Gasteiger partial charge in [-0.05, 0) is 25.2 Å². The van der Waals surface area contributed by atoms with Crippen LogP contribution in [-0.2, 0) is 0 Å². The van der Waals surface area contributed by atoms with Crippen molar-refractivity contribution in [2.75, 3.05) is 0 Å². The number of hydrogen-bond donors (Lipinski definition) is 1. The Morgan fingerprint density at radius 3 is 3.07 bits per heavy atom. The van der Waals surface area contributed by atoms with Crippen LogP contribution >= 0.6 is 11.3 Å². The molecule has 80 valence electrons. The Morgan fingerprint density at radius 2 is 2.60 bits per heavy atom. The number of rotatable bonds is 2. The highest BCUT2D eigenvalue weighted by atomic mass is 32.1. The van der Waals surface area contributed by atoms with Crippen LogP contribution in [0.15, 0.2) is 11.6 Å². The summed E-state index contributed by atoms with van der Waals surface area (Å²) in [5.41, 5.74) is -0.600. The molecule has 1 aliphatic carbocycles. The van der Waals surface area contributed by atoms with Crippen molar-refractivity contribution in [1.82, 2.24) is 4.98 Å². The molecule has 0 spiro atoms. The van der Waals surface area contributed by atoms with E-state index in [9.17, 15) is 10.4 Å². The van der Waals surface area contributed by atoms with Crippen LogP contribution in [0.5, 0.6) is 0 Å². The molecule has 0 aromatic carbocycles. The van der Waals surface area contributed by atoms with Gasteiger partial charge in [-0.3, -0.25) is 0 Å². The molecule has 4 heteroatoms. The van der Waals surface area contributed by atoms with Crippen molar-refractivity contribution in [3.63, 3.8) is 0 Å². The maximum Gasteiger partial charge on any atom is 0.124 e. The SMILES string of the molecule is CC1CCC(C#N)(C(O)c2nccs2)C1. The monoisotopic (exact) mass is 222 g/mol. The van der Waals surface area contributed by atoms with E-state index in [-0.39, 0.29) is 0 Å². The zero-order chi connectivity index (χ0) is 10.9. The smallest absolute Gasteiger partial charge is 0.124 e. The maximum atomic E-state index is 10.2. The zero-order valence-corrected chi connectivity index (χ0v) is 9.50. The molecule has 1 aliphatic rings. The molecule has 0 bridgehead atoms. The van der Waals surface area contributed by atoms with Crippen molar-refractivity contribution in [2.45, 2.75) is 32.3 Å². The lowest BCUT2D eigenvalue weighted by atomic mass is 9.81. The lowest BCUT2D eigenvalue weighted by molar-refractivity contribution is 0.0645. The molecular weight excluding hydrogens is 208 g/mol. The van der Waals surface area contributed by atoms with Crippen LogP contribution in [0.2, 0.25) is 0 Å². The van der Waals surface area contributed by atoms with Gasteiger partial charge in [-0.2, -0.15) is 5.26 Å². The quantitative estimate of drug-likeness (QED) is 0.836. The molecular formula is C11H14N2OS. The van der Waals surface area contributed by atoms with Crippen molar-refractivity contribution < 1.29 is 5.11 Å². The minimum absolute atomic E-state index is 0.527. The lowest BCUT2D eigenvalue weighted by Crippen LogP contribution is -2.24. The van der Waals surface area contributed by atoms with Gasteiger partial charge in [-0.25, -0.2) is 4.98 Å². The first kappa shape index (κ1) is 10.6. The highest BCUT2D eigenvalue weighted by Crippen LogP contribution is 2.49. The van der Waals surface area contributed by atoms with Gasteiger partial charge in [-0.1, -0.05) is 6.92 Å². The van der Waals surface area contributed by atoms with Crippen molar-refractivity contribution in [3.8, 4) is 6.07 Å². The zero-order valence-electron chi connectivity index (χ0n) is 8.68. The molecule has 1 heterocycles. The second-order valence-corrected chi connectivity index (χ2v) is 5.31. The number of aliphatic hydroxyl groups is 1. The number of thiazole rings is 1. The molecule has 0 radical (unpaired) electrons. The molecule has 1 N–H and O–H groups in total. The number of aliphatic hydroxyl groups excluding tert-OH is 1. The van der Waals surface area contributed by atoms with Crippen molar-refractivity contribution >= 4 is 11.3 Å². The van der Waals surface area contributed by atoms with E-state index in [1.807, 2.05) is 5.38 Å². The van der Waals surface area contributed by atoms with E-state index in [0.717, 1.165) is 19.3 Å². The summed E-state index contributed by atoms with van der Waals surface area (Å²) < 4.78 is 0. The lowest BCUT2D eigenvalue weighted by Gasteiger charge is -2.25. The van der Waals surface area contributed by atoms with Crippen LogP contribution in [0, 0.1) is 22.7 Å². The molecule has 3 nitrogen and oxygen atoms in total. The van der Waals surface area contributed by atoms with Gasteiger partial charge in [-0.15, -0.1) is 11.3 Å². The van der Waals surface area contributed by atoms with Gasteiger partial charge >= 0.3 is 0 Å². The van der Waals surface area contributed by atoms with E-state index in [2.05, 4.69) is 18.0 Å². The molecule has 3 unspecified atom stereocenters. The molecule has 1 fully saturated rings. The number of aromatic nitrogens is 1. The Bertz CT molecular complexity index is 370. The number of nitriles is 1. The van der Waals surface area contributed by atoms with Crippen LogP contribution in [-0.4, -0.2) is 10.1 Å². The fraction of sp³-hybridized carbons (Fsp3) is 0.636. The van der Waals surface area contributed by atoms with E-state index in [0.29, 0.717) is 10.9 Å². The summed E-state index contributed by atoms with van der Waals surface area (Å²) in [6, 6.07) is 2.31. The van der Waals surface area contributed by atoms with Crippen molar-refractivity contribution in [1.29, 1.82) is 5.26 Å². The van der Waals surface area contributed by atoms with Gasteiger partial charge in [0.05, 0.1) is 11.5 Å². The summed E-state index contributed by atoms with van der Waals surface area (Å²) in [6.07, 6.45) is 3.55. The Kier molecular flexibility index (Phi) is 2.76. The Morgan fingerprint density at radius 1 is 1.80 bits per heavy atom. The number of nitrogens with zero attached hydrogens (tertiary/aromatic N) is 2. The third-order valence-electron chi connectivity index (χ3n) is 3.23. The van der Waals surface area contributed by atoms with Crippen LogP contribution in [0.3, 0.4) is 0 Å². The Hall–Kier alpha value is -0.920. The van der Waals surface area contributed by atoms with E-state index in [1.165, 1.54) is 11.3 Å². The Labute approximate surface area is 93.4 Å². The van der Waals surface area contributed by atoms with Gasteiger partial charge in [0.1, 0.15) is 11.1 Å². The molecule has 0 saturated heterocycles. The normalized spacial score (nSPS) is 32.5. The highest BCUT2D eigenvalue weighted by molar-refractivity contribution is 7.09. The first-order chi connectivity index (χ1) is 7.18. The predicted octanol–water partition coefficient (Wildman–Crippen LogP) is 2.51. The van der Waals surface area contributed by atoms with Crippen molar-refractivity contribution in [3.05, 3.63) is 16.6 Å². The second-order valence-electron chi connectivity index (χ2n) is 4.39. The molecule has 0 aliphatic heterocycles. The summed E-state index contributed by atoms with van der Waals surface area (Å²) in [6.45, 7) is 2.13. The third-order valence-corrected chi connectivity index (χ3v) is 4.06. The fourth-order valence-electron chi connectivity index (χ4n) is 2.35. The molecule has 2 rings (SSSR count). The third kappa shape index (κ3) is 1.77. The molecule has 1 saturated carbocycles. The average Bonchev–Trinajstić information content (AvgIpc) is 2.86. The largest absolute Gasteiger partial charge is 0.384 e. The van der Waals surface area contributed by atoms with Gasteiger partial charge in [0.25, 0.3) is 0 Å². The van der Waals surface area contributed by atoms with Gasteiger partial charge in [0.15, 0.2) is 0 Å². The first-order valence-electron chi connectivity index (χ1n) is 5.17. The molecule has 1 aromatic heterocycles. The summed E-state index contributed by atoms with van der Waals surface area (Å²) in [7, 11) is 0. The summed E-state index contributed by atoms with van der Waals surface area (Å²) in [5, 5.41) is 22.0. The van der Waals surface area contributed by atoms with Crippen LogP contribution in [0.1, 0.15) is 37.3 Å². The van der Waals surface area contributed by atoms with E-state index in [4.69, 9.17) is 0 Å². The molecule has 3 atom stereocenters. The second kappa shape index (κ2) is 3.92. The average molecular weight is 222 g/mol. The summed E-state index contributed by atoms with van der Waals surface area (Å²) >= 11 is 1.42. The van der Waals surface area contributed by atoms with Gasteiger partial charge in [0.2, 0.25) is 0 Å². The molecule has 15 heavy (non-hydrogen) atoms. The Balaban J connectivity index is 2.25. The van der Waals surface area contributed by atoms with E-state index >= 15 is 0 Å². The standard InChI is InChI=1S/C11H14N2OS/c1-8-2-3-11(6-8,7-12)9(14)10-13-4-5-15-10/h4-5,8-9,14H,2-3,6H2,1H3. The molecule has 1 aromatic rings. The topological polar surface area (TPSA) is 56.9 Å². The highest BCUT2D eigenvalue weighted by Gasteiger charge is 2.45. The van der Waals surface area contributed by atoms with Crippen LogP contribution in [0.4, 0.5) is 0 Å². The first-order valence-corrected chi connectivity index (χ1v) is 6.04. The van der Waals surface area contributed by atoms with Gasteiger partial charge in [0, 0.05) is 11.6 Å². The molecule has 0 amide bonds. The van der Waals surface area contributed by atoms with Crippen molar-refractivity contribution in [2.24, 2.45) is 11.3 Å². The predicted molar refractivity (Wildman–Crippen MR) is 58.1 cm³/mol. The van der Waals surface area contributed by atoms with Crippen LogP contribution in [0.25, 0.3) is 0 Å². The van der Waals surface area contributed by atoms with Gasteiger partial charge < -0.3 is 5.11 Å². The van der Waals surface area contributed by atoms with E-state index in [1.54, 1.807) is 6.20 Å². The maximum absolute atomic E-state index is 10.2. The minimum Gasteiger partial charge on any atom is -0.384 e. The minimum atomic E-state index is -0.715.